The number of β-amino-alcohol motifs (C(OH)–C–C–N with tert-alkyl or cyclic N) is 1. The molecule has 2 fully saturated rings. The van der Waals surface area contributed by atoms with Gasteiger partial charge in [0, 0.05) is 55.2 Å². The molecule has 3 aromatic carbocycles. The van der Waals surface area contributed by atoms with Gasteiger partial charge in [0.05, 0.1) is 11.7 Å². The van der Waals surface area contributed by atoms with Gasteiger partial charge in [-0.2, -0.15) is 5.26 Å². The number of oxazole rings is 1. The number of carbonyl (C=O) groups is 1. The SMILES string of the molecule is Cc1c(Nc2nccc3cc(CN4CCC(O)C4)cnc23)cccc1-c1cccc(-c2nc3cc(CN4CCCCC4C(=O)O)cc(C#N)c3o2)c1C. The molecule has 11 heteroatoms. The van der Waals surface area contributed by atoms with Crippen LogP contribution in [0.5, 0.6) is 0 Å². The van der Waals surface area contributed by atoms with Gasteiger partial charge in [-0.05, 0) is 109 Å². The maximum absolute atomic E-state index is 11.9. The minimum atomic E-state index is -0.811. The van der Waals surface area contributed by atoms with Crippen LogP contribution in [0.1, 0.15) is 53.5 Å². The molecule has 2 aliphatic heterocycles. The number of aliphatic hydroxyl groups is 1. The van der Waals surface area contributed by atoms with Crippen LogP contribution in [0.2, 0.25) is 0 Å². The Labute approximate surface area is 307 Å². The van der Waals surface area contributed by atoms with Crippen molar-refractivity contribution in [3.05, 3.63) is 101 Å². The number of aromatic nitrogens is 3. The molecule has 11 nitrogen and oxygen atoms in total. The largest absolute Gasteiger partial charge is 0.480 e. The topological polar surface area (TPSA) is 152 Å². The van der Waals surface area contributed by atoms with Crippen molar-refractivity contribution in [3.63, 3.8) is 0 Å². The molecule has 2 saturated heterocycles. The zero-order valence-electron chi connectivity index (χ0n) is 29.8. The summed E-state index contributed by atoms with van der Waals surface area (Å²) in [6.07, 6.45) is 6.71. The zero-order chi connectivity index (χ0) is 36.6. The van der Waals surface area contributed by atoms with E-state index in [1.54, 1.807) is 12.3 Å². The van der Waals surface area contributed by atoms with Gasteiger partial charge in [-0.15, -0.1) is 0 Å². The normalized spacial score (nSPS) is 18.1. The van der Waals surface area contributed by atoms with Gasteiger partial charge >= 0.3 is 5.97 Å². The first-order valence-electron chi connectivity index (χ1n) is 18.2. The third-order valence-electron chi connectivity index (χ3n) is 10.7. The molecule has 0 spiro atoms. The summed E-state index contributed by atoms with van der Waals surface area (Å²) in [5.74, 6) is 0.288. The van der Waals surface area contributed by atoms with Crippen LogP contribution in [-0.4, -0.2) is 72.7 Å². The number of nitrogens with one attached hydrogen (secondary N) is 1. The van der Waals surface area contributed by atoms with Crippen molar-refractivity contribution in [1.29, 1.82) is 5.26 Å². The number of pyridine rings is 2. The molecule has 0 aliphatic carbocycles. The van der Waals surface area contributed by atoms with Crippen LogP contribution < -0.4 is 5.32 Å². The summed E-state index contributed by atoms with van der Waals surface area (Å²) in [5.41, 5.74) is 9.93. The fraction of sp³-hybridized carbons (Fsp3) is 0.310. The first-order chi connectivity index (χ1) is 25.7. The van der Waals surface area contributed by atoms with Crippen LogP contribution in [0.4, 0.5) is 11.5 Å². The number of hydrogen-bond donors (Lipinski definition) is 3. The number of rotatable bonds is 9. The molecule has 0 radical (unpaired) electrons. The third-order valence-corrected chi connectivity index (χ3v) is 10.7. The Kier molecular flexibility index (Phi) is 9.35. The number of aliphatic hydroxyl groups excluding tert-OH is 1. The van der Waals surface area contributed by atoms with Gasteiger partial charge < -0.3 is 19.9 Å². The summed E-state index contributed by atoms with van der Waals surface area (Å²) >= 11 is 0. The fourth-order valence-electron chi connectivity index (χ4n) is 7.92. The lowest BCUT2D eigenvalue weighted by atomic mass is 9.93. The Morgan fingerprint density at radius 2 is 1.77 bits per heavy atom. The highest BCUT2D eigenvalue weighted by molar-refractivity contribution is 5.91. The number of benzene rings is 3. The highest BCUT2D eigenvalue weighted by atomic mass is 16.4. The van der Waals surface area contributed by atoms with Crippen molar-refractivity contribution in [2.24, 2.45) is 0 Å². The smallest absolute Gasteiger partial charge is 0.320 e. The molecule has 0 saturated carbocycles. The Hall–Kier alpha value is -5.67. The number of fused-ring (bicyclic) bond motifs is 2. The minimum absolute atomic E-state index is 0.255. The average molecular weight is 708 g/mol. The first-order valence-corrected chi connectivity index (χ1v) is 18.2. The van der Waals surface area contributed by atoms with Crippen LogP contribution in [0, 0.1) is 25.2 Å². The van der Waals surface area contributed by atoms with E-state index in [1.165, 1.54) is 0 Å². The standard InChI is InChI=1S/C42H41N7O4/c1-25-32(7-5-9-34(25)41-47-36-19-27(17-30(20-43)39(36)53-41)23-49-15-4-3-11-37(49)42(51)52)33-8-6-10-35(26(33)2)46-40-38-29(12-14-44-40)18-28(21-45-38)22-48-16-13-31(50)24-48/h5-10,12,14,17-19,21,31,37,50H,3-4,11,13,15-16,22-24H2,1-2H3,(H,44,46)(H,51,52). The second kappa shape index (κ2) is 14.4. The van der Waals surface area contributed by atoms with Crippen molar-refractivity contribution in [2.75, 3.05) is 25.0 Å². The highest BCUT2D eigenvalue weighted by Gasteiger charge is 2.29. The molecule has 2 unspecified atom stereocenters. The van der Waals surface area contributed by atoms with Crippen LogP contribution in [0.3, 0.4) is 0 Å². The number of hydrogen-bond acceptors (Lipinski definition) is 10. The molecule has 2 atom stereocenters. The van der Waals surface area contributed by atoms with Crippen LogP contribution in [0.25, 0.3) is 44.6 Å². The molecule has 0 amide bonds. The van der Waals surface area contributed by atoms with Crippen LogP contribution in [0.15, 0.2) is 77.5 Å². The van der Waals surface area contributed by atoms with E-state index in [1.807, 2.05) is 47.5 Å². The lowest BCUT2D eigenvalue weighted by Gasteiger charge is -2.32. The first kappa shape index (κ1) is 34.4. The minimum Gasteiger partial charge on any atom is -0.480 e. The van der Waals surface area contributed by atoms with E-state index < -0.39 is 12.0 Å². The summed E-state index contributed by atoms with van der Waals surface area (Å²) in [4.78, 5) is 30.5. The second-order valence-corrected chi connectivity index (χ2v) is 14.3. The van der Waals surface area contributed by atoms with Crippen molar-refractivity contribution >= 4 is 39.5 Å². The van der Waals surface area contributed by atoms with E-state index in [2.05, 4.69) is 53.3 Å². The molecule has 5 heterocycles. The van der Waals surface area contributed by atoms with E-state index in [4.69, 9.17) is 14.4 Å². The van der Waals surface area contributed by atoms with E-state index in [0.717, 1.165) is 87.9 Å². The maximum atomic E-state index is 11.9. The maximum Gasteiger partial charge on any atom is 0.320 e. The Morgan fingerprint density at radius 3 is 2.57 bits per heavy atom. The number of nitrogens with zero attached hydrogens (tertiary/aromatic N) is 6. The van der Waals surface area contributed by atoms with E-state index >= 15 is 0 Å². The van der Waals surface area contributed by atoms with E-state index in [-0.39, 0.29) is 6.10 Å². The van der Waals surface area contributed by atoms with Gasteiger partial charge in [-0.3, -0.25) is 19.6 Å². The van der Waals surface area contributed by atoms with Gasteiger partial charge in [0.25, 0.3) is 0 Å². The second-order valence-electron chi connectivity index (χ2n) is 14.3. The molecule has 3 N–H and O–H groups in total. The zero-order valence-corrected chi connectivity index (χ0v) is 29.8. The van der Waals surface area contributed by atoms with E-state index in [0.29, 0.717) is 54.4 Å². The molecule has 53 heavy (non-hydrogen) atoms. The number of anilines is 2. The fourth-order valence-corrected chi connectivity index (χ4v) is 7.92. The molecule has 0 bridgehead atoms. The summed E-state index contributed by atoms with van der Waals surface area (Å²) in [6, 6.07) is 21.8. The molecular formula is C42H41N7O4. The lowest BCUT2D eigenvalue weighted by Crippen LogP contribution is -2.44. The molecule has 3 aromatic heterocycles. The molecule has 6 aromatic rings. The van der Waals surface area contributed by atoms with Crippen molar-refractivity contribution < 1.29 is 19.4 Å². The summed E-state index contributed by atoms with van der Waals surface area (Å²) < 4.78 is 6.29. The molecular weight excluding hydrogens is 667 g/mol. The number of carboxylic acids is 1. The van der Waals surface area contributed by atoms with Gasteiger partial charge in [0.1, 0.15) is 23.1 Å². The van der Waals surface area contributed by atoms with Crippen LogP contribution in [-0.2, 0) is 17.9 Å². The van der Waals surface area contributed by atoms with Crippen molar-refractivity contribution in [1.82, 2.24) is 24.8 Å². The number of nitriles is 1. The van der Waals surface area contributed by atoms with E-state index in [9.17, 15) is 20.3 Å². The molecule has 268 valence electrons. The van der Waals surface area contributed by atoms with Gasteiger partial charge in [-0.25, -0.2) is 9.97 Å². The number of carboxylic acid groups (broad SMARTS) is 1. The third kappa shape index (κ3) is 6.84. The summed E-state index contributed by atoms with van der Waals surface area (Å²) in [6.45, 7) is 7.59. The highest BCUT2D eigenvalue weighted by Crippen LogP contribution is 2.38. The monoisotopic (exact) mass is 707 g/mol. The lowest BCUT2D eigenvalue weighted by molar-refractivity contribution is -0.144. The number of aliphatic carboxylic acids is 1. The van der Waals surface area contributed by atoms with Gasteiger partial charge in [0.15, 0.2) is 11.4 Å². The van der Waals surface area contributed by atoms with Gasteiger partial charge in [-0.1, -0.05) is 30.7 Å². The van der Waals surface area contributed by atoms with Crippen molar-refractivity contribution in [3.8, 4) is 28.7 Å². The van der Waals surface area contributed by atoms with Crippen LogP contribution >= 0.6 is 0 Å². The summed E-state index contributed by atoms with van der Waals surface area (Å²) in [7, 11) is 0. The number of likely N-dealkylation sites (tertiary alicyclic amines) is 2. The predicted molar refractivity (Wildman–Crippen MR) is 203 cm³/mol. The Morgan fingerprint density at radius 1 is 0.962 bits per heavy atom. The predicted octanol–water partition coefficient (Wildman–Crippen LogP) is 7.34. The summed E-state index contributed by atoms with van der Waals surface area (Å²) in [5, 5.41) is 34.3. The number of piperidine rings is 1. The Bertz CT molecular complexity index is 2400. The quantitative estimate of drug-likeness (QED) is 0.138. The van der Waals surface area contributed by atoms with Gasteiger partial charge in [0.2, 0.25) is 5.89 Å². The molecule has 2 aliphatic rings. The molecule has 8 rings (SSSR count). The Balaban J connectivity index is 1.08. The van der Waals surface area contributed by atoms with Crippen molar-refractivity contribution in [2.45, 2.75) is 64.8 Å². The average Bonchev–Trinajstić information content (AvgIpc) is 3.78.